The van der Waals surface area contributed by atoms with Gasteiger partial charge < -0.3 is 16.2 Å². The van der Waals surface area contributed by atoms with Crippen LogP contribution in [0.1, 0.15) is 19.8 Å². The van der Waals surface area contributed by atoms with Gasteiger partial charge in [-0.1, -0.05) is 0 Å². The molecule has 0 spiro atoms. The molecule has 0 radical (unpaired) electrons. The number of nitrogen functional groups attached to an aromatic ring is 1. The molecule has 0 heterocycles. The zero-order valence-corrected chi connectivity index (χ0v) is 12.9. The van der Waals surface area contributed by atoms with Crippen LogP contribution in [0.25, 0.3) is 0 Å². The van der Waals surface area contributed by atoms with Crippen molar-refractivity contribution in [2.24, 2.45) is 0 Å². The molecule has 0 amide bonds. The topological polar surface area (TPSA) is 95.7 Å². The molecule has 0 aliphatic heterocycles. The molecule has 0 aromatic heterocycles. The summed E-state index contributed by atoms with van der Waals surface area (Å²) >= 11 is 0. The maximum absolute atomic E-state index is 12.0. The fourth-order valence-electron chi connectivity index (χ4n) is 1.68. The van der Waals surface area contributed by atoms with Gasteiger partial charge in [0.15, 0.2) is 0 Å². The average molecular weight is 301 g/mol. The zero-order valence-electron chi connectivity index (χ0n) is 12.1. The van der Waals surface area contributed by atoms with Crippen molar-refractivity contribution in [2.45, 2.75) is 30.8 Å². The lowest BCUT2D eigenvalue weighted by Crippen LogP contribution is -2.22. The van der Waals surface area contributed by atoms with Gasteiger partial charge in [0.05, 0.1) is 22.4 Å². The summed E-state index contributed by atoms with van der Waals surface area (Å²) in [5, 5.41) is 12.3. The fourth-order valence-corrected chi connectivity index (χ4v) is 2.61. The van der Waals surface area contributed by atoms with E-state index >= 15 is 0 Å². The summed E-state index contributed by atoms with van der Waals surface area (Å²) in [5.74, 6) is 0. The highest BCUT2D eigenvalue weighted by Gasteiger charge is 2.18. The number of hydrogen-bond donors (Lipinski definition) is 3. The molecule has 1 unspecified atom stereocenters. The van der Waals surface area contributed by atoms with E-state index in [9.17, 15) is 13.5 Å². The second-order valence-corrected chi connectivity index (χ2v) is 7.11. The number of anilines is 2. The number of aliphatic hydroxyl groups is 1. The number of nitrogens with two attached hydrogens (primary N) is 1. The summed E-state index contributed by atoms with van der Waals surface area (Å²) in [6.07, 6.45) is 1.12. The maximum atomic E-state index is 12.0. The quantitative estimate of drug-likeness (QED) is 0.517. The lowest BCUT2D eigenvalue weighted by Gasteiger charge is -2.15. The van der Waals surface area contributed by atoms with Crippen LogP contribution >= 0.6 is 0 Å². The summed E-state index contributed by atoms with van der Waals surface area (Å²) in [6, 6.07) is 4.60. The predicted molar refractivity (Wildman–Crippen MR) is 81.1 cm³/mol. The van der Waals surface area contributed by atoms with Crippen LogP contribution in [-0.4, -0.2) is 44.6 Å². The SMILES string of the molecule is CC(O)CCCNc1cc(S(=O)(=O)N(C)C)ccc1N. The van der Waals surface area contributed by atoms with Crippen molar-refractivity contribution in [3.8, 4) is 0 Å². The summed E-state index contributed by atoms with van der Waals surface area (Å²) in [5.41, 5.74) is 6.93. The Labute approximate surface area is 120 Å². The minimum atomic E-state index is -3.46. The summed E-state index contributed by atoms with van der Waals surface area (Å²) in [7, 11) is -0.487. The van der Waals surface area contributed by atoms with Crippen LogP contribution in [0.5, 0.6) is 0 Å². The molecular formula is C13H23N3O3S. The van der Waals surface area contributed by atoms with Crippen LogP contribution in [0.4, 0.5) is 11.4 Å². The molecule has 1 aromatic carbocycles. The monoisotopic (exact) mass is 301 g/mol. The normalized spacial score (nSPS) is 13.4. The number of benzene rings is 1. The number of hydrogen-bond acceptors (Lipinski definition) is 5. The Morgan fingerprint density at radius 1 is 1.40 bits per heavy atom. The van der Waals surface area contributed by atoms with Gasteiger partial charge in [-0.25, -0.2) is 12.7 Å². The van der Waals surface area contributed by atoms with Crippen LogP contribution in [0.3, 0.4) is 0 Å². The molecule has 0 fully saturated rings. The Hall–Kier alpha value is -1.31. The highest BCUT2D eigenvalue weighted by molar-refractivity contribution is 7.89. The Bertz CT molecular complexity index is 542. The van der Waals surface area contributed by atoms with Crippen LogP contribution in [0, 0.1) is 0 Å². The van der Waals surface area contributed by atoms with Crippen LogP contribution in [0.2, 0.25) is 0 Å². The van der Waals surface area contributed by atoms with E-state index in [0.717, 1.165) is 10.7 Å². The maximum Gasteiger partial charge on any atom is 0.242 e. The fraction of sp³-hybridized carbons (Fsp3) is 0.538. The molecule has 114 valence electrons. The second-order valence-electron chi connectivity index (χ2n) is 4.95. The number of aliphatic hydroxyl groups excluding tert-OH is 1. The van der Waals surface area contributed by atoms with Gasteiger partial charge in [0.2, 0.25) is 10.0 Å². The van der Waals surface area contributed by atoms with E-state index in [4.69, 9.17) is 5.73 Å². The van der Waals surface area contributed by atoms with Gasteiger partial charge in [-0.2, -0.15) is 0 Å². The number of nitrogens with one attached hydrogen (secondary N) is 1. The molecule has 0 saturated heterocycles. The molecule has 7 heteroatoms. The number of rotatable bonds is 7. The first-order valence-corrected chi connectivity index (χ1v) is 7.93. The van der Waals surface area contributed by atoms with E-state index in [2.05, 4.69) is 5.32 Å². The Morgan fingerprint density at radius 3 is 2.60 bits per heavy atom. The van der Waals surface area contributed by atoms with Crippen molar-refractivity contribution >= 4 is 21.4 Å². The van der Waals surface area contributed by atoms with Gasteiger partial charge >= 0.3 is 0 Å². The third-order valence-electron chi connectivity index (χ3n) is 2.92. The van der Waals surface area contributed by atoms with Gasteiger partial charge in [-0.3, -0.25) is 0 Å². The highest BCUT2D eigenvalue weighted by Crippen LogP contribution is 2.24. The lowest BCUT2D eigenvalue weighted by atomic mass is 10.2. The second kappa shape index (κ2) is 6.92. The van der Waals surface area contributed by atoms with E-state index < -0.39 is 10.0 Å². The minimum Gasteiger partial charge on any atom is -0.397 e. The summed E-state index contributed by atoms with van der Waals surface area (Å²) in [6.45, 7) is 2.36. The number of sulfonamides is 1. The largest absolute Gasteiger partial charge is 0.397 e. The zero-order chi connectivity index (χ0) is 15.3. The van der Waals surface area contributed by atoms with Gasteiger partial charge in [0, 0.05) is 20.6 Å². The molecule has 4 N–H and O–H groups in total. The Morgan fingerprint density at radius 2 is 2.05 bits per heavy atom. The predicted octanol–water partition coefficient (Wildman–Crippen LogP) is 1.09. The van der Waals surface area contributed by atoms with Crippen molar-refractivity contribution in [3.63, 3.8) is 0 Å². The van der Waals surface area contributed by atoms with Crippen molar-refractivity contribution < 1.29 is 13.5 Å². The van der Waals surface area contributed by atoms with E-state index in [0.29, 0.717) is 24.3 Å². The first-order valence-electron chi connectivity index (χ1n) is 6.49. The summed E-state index contributed by atoms with van der Waals surface area (Å²) < 4.78 is 25.2. The van der Waals surface area contributed by atoms with Crippen molar-refractivity contribution in [2.75, 3.05) is 31.7 Å². The summed E-state index contributed by atoms with van der Waals surface area (Å²) in [4.78, 5) is 0.203. The van der Waals surface area contributed by atoms with E-state index in [1.807, 2.05) is 0 Å². The third-order valence-corrected chi connectivity index (χ3v) is 4.73. The van der Waals surface area contributed by atoms with Gasteiger partial charge in [-0.15, -0.1) is 0 Å². The van der Waals surface area contributed by atoms with Crippen LogP contribution in [-0.2, 0) is 10.0 Å². The Balaban J connectivity index is 2.82. The molecule has 1 rings (SSSR count). The van der Waals surface area contributed by atoms with Crippen molar-refractivity contribution in [1.29, 1.82) is 0 Å². The van der Waals surface area contributed by atoms with Gasteiger partial charge in [-0.05, 0) is 38.0 Å². The van der Waals surface area contributed by atoms with E-state index in [-0.39, 0.29) is 11.0 Å². The molecule has 1 atom stereocenters. The smallest absolute Gasteiger partial charge is 0.242 e. The molecule has 0 saturated carbocycles. The molecule has 0 aliphatic rings. The molecule has 1 aromatic rings. The molecule has 6 nitrogen and oxygen atoms in total. The molecule has 20 heavy (non-hydrogen) atoms. The van der Waals surface area contributed by atoms with Crippen LogP contribution < -0.4 is 11.1 Å². The Kier molecular flexibility index (Phi) is 5.79. The first kappa shape index (κ1) is 16.7. The van der Waals surface area contributed by atoms with Crippen LogP contribution in [0.15, 0.2) is 23.1 Å². The first-order chi connectivity index (χ1) is 9.25. The molecular weight excluding hydrogens is 278 g/mol. The molecule has 0 aliphatic carbocycles. The third kappa shape index (κ3) is 4.36. The minimum absolute atomic E-state index is 0.203. The highest BCUT2D eigenvalue weighted by atomic mass is 32.2. The molecule has 0 bridgehead atoms. The van der Waals surface area contributed by atoms with Crippen molar-refractivity contribution in [1.82, 2.24) is 4.31 Å². The van der Waals surface area contributed by atoms with Crippen molar-refractivity contribution in [3.05, 3.63) is 18.2 Å². The van der Waals surface area contributed by atoms with E-state index in [1.165, 1.54) is 26.2 Å². The van der Waals surface area contributed by atoms with Gasteiger partial charge in [0.1, 0.15) is 0 Å². The van der Waals surface area contributed by atoms with E-state index in [1.54, 1.807) is 13.0 Å². The number of nitrogens with zero attached hydrogens (tertiary/aromatic N) is 1. The lowest BCUT2D eigenvalue weighted by molar-refractivity contribution is 0.183. The average Bonchev–Trinajstić information content (AvgIpc) is 2.35. The standard InChI is InChI=1S/C13H23N3O3S/c1-10(17)5-4-8-15-13-9-11(6-7-12(13)14)20(18,19)16(2)3/h6-7,9-10,15,17H,4-5,8,14H2,1-3H3. The van der Waals surface area contributed by atoms with Gasteiger partial charge in [0.25, 0.3) is 0 Å².